The highest BCUT2D eigenvalue weighted by Crippen LogP contribution is 2.32. The van der Waals surface area contributed by atoms with E-state index in [4.69, 9.17) is 4.74 Å². The Hall–Kier alpha value is -4.90. The third kappa shape index (κ3) is 6.52. The number of anilines is 1. The van der Waals surface area contributed by atoms with Crippen LogP contribution in [0.1, 0.15) is 53.7 Å². The van der Waals surface area contributed by atoms with E-state index >= 15 is 0 Å². The molecule has 5 nitrogen and oxygen atoms in total. The average Bonchev–Trinajstić information content (AvgIpc) is 3.41. The van der Waals surface area contributed by atoms with Crippen molar-refractivity contribution in [2.24, 2.45) is 0 Å². The Bertz CT molecular complexity index is 1680. The first-order valence-corrected chi connectivity index (χ1v) is 14.5. The summed E-state index contributed by atoms with van der Waals surface area (Å²) in [5.74, 6) is -1.40. The van der Waals surface area contributed by atoms with Crippen LogP contribution in [0.25, 0.3) is 22.0 Å². The van der Waals surface area contributed by atoms with E-state index in [1.54, 1.807) is 13.1 Å². The van der Waals surface area contributed by atoms with Gasteiger partial charge < -0.3 is 14.6 Å². The second-order valence-electron chi connectivity index (χ2n) is 10.2. The summed E-state index contributed by atoms with van der Waals surface area (Å²) in [5, 5.41) is 4.32. The van der Waals surface area contributed by atoms with E-state index in [-0.39, 0.29) is 6.61 Å². The minimum Gasteiger partial charge on any atom is -0.460 e. The number of esters is 1. The van der Waals surface area contributed by atoms with E-state index in [0.717, 1.165) is 42.5 Å². The van der Waals surface area contributed by atoms with E-state index in [9.17, 15) is 9.59 Å². The van der Waals surface area contributed by atoms with Crippen LogP contribution >= 0.6 is 0 Å². The lowest BCUT2D eigenvalue weighted by molar-refractivity contribution is -0.137. The van der Waals surface area contributed by atoms with Crippen LogP contribution in [0.4, 0.5) is 5.69 Å². The summed E-state index contributed by atoms with van der Waals surface area (Å²) in [6.07, 6.45) is 3.66. The van der Waals surface area contributed by atoms with E-state index in [0.29, 0.717) is 5.56 Å². The Morgan fingerprint density at radius 2 is 1.36 bits per heavy atom. The molecule has 0 saturated carbocycles. The molecule has 42 heavy (non-hydrogen) atoms. The summed E-state index contributed by atoms with van der Waals surface area (Å²) in [7, 11) is 0. The van der Waals surface area contributed by atoms with Crippen LogP contribution in [-0.2, 0) is 16.1 Å². The number of allylic oxidation sites excluding steroid dienone is 1. The quantitative estimate of drug-likeness (QED) is 0.0553. The van der Waals surface area contributed by atoms with Gasteiger partial charge in [0.05, 0.1) is 12.2 Å². The molecule has 1 N–H and O–H groups in total. The van der Waals surface area contributed by atoms with Gasteiger partial charge in [0.25, 0.3) is 5.78 Å². The Labute approximate surface area is 247 Å². The number of aromatic nitrogens is 1. The maximum atomic E-state index is 12.7. The van der Waals surface area contributed by atoms with Crippen molar-refractivity contribution < 1.29 is 14.3 Å². The molecule has 0 saturated heterocycles. The van der Waals surface area contributed by atoms with Gasteiger partial charge in [0, 0.05) is 35.9 Å². The van der Waals surface area contributed by atoms with E-state index in [1.165, 1.54) is 27.8 Å². The summed E-state index contributed by atoms with van der Waals surface area (Å²) < 4.78 is 7.00. The van der Waals surface area contributed by atoms with Crippen molar-refractivity contribution in [3.63, 3.8) is 0 Å². The summed E-state index contributed by atoms with van der Waals surface area (Å²) in [6, 6.07) is 37.4. The number of unbranched alkanes of at least 4 members (excludes halogenated alkanes) is 1. The lowest BCUT2D eigenvalue weighted by Gasteiger charge is -2.15. The van der Waals surface area contributed by atoms with E-state index in [2.05, 4.69) is 89.6 Å². The predicted octanol–water partition coefficient (Wildman–Crippen LogP) is 8.26. The average molecular weight is 557 g/mol. The molecule has 1 heterocycles. The summed E-state index contributed by atoms with van der Waals surface area (Å²) in [5.41, 5.74) is 8.49. The Morgan fingerprint density at radius 3 is 2.05 bits per heavy atom. The van der Waals surface area contributed by atoms with Crippen LogP contribution in [0.2, 0.25) is 0 Å². The first-order valence-electron chi connectivity index (χ1n) is 14.5. The lowest BCUT2D eigenvalue weighted by atomic mass is 9.90. The van der Waals surface area contributed by atoms with Gasteiger partial charge in [-0.25, -0.2) is 4.79 Å². The molecule has 0 aliphatic carbocycles. The van der Waals surface area contributed by atoms with E-state index < -0.39 is 11.8 Å². The van der Waals surface area contributed by atoms with Gasteiger partial charge in [0.2, 0.25) is 0 Å². The maximum Gasteiger partial charge on any atom is 0.379 e. The fourth-order valence-corrected chi connectivity index (χ4v) is 5.35. The van der Waals surface area contributed by atoms with Crippen molar-refractivity contribution in [1.82, 2.24) is 4.57 Å². The van der Waals surface area contributed by atoms with Crippen molar-refractivity contribution in [3.05, 3.63) is 138 Å². The zero-order valence-corrected chi connectivity index (χ0v) is 24.2. The molecule has 0 amide bonds. The topological polar surface area (TPSA) is 60.3 Å². The summed E-state index contributed by atoms with van der Waals surface area (Å²) in [4.78, 5) is 24.7. The minimum atomic E-state index is -0.808. The molecule has 0 bridgehead atoms. The van der Waals surface area contributed by atoms with Crippen LogP contribution in [0.3, 0.4) is 0 Å². The highest BCUT2D eigenvalue weighted by atomic mass is 16.5. The molecule has 4 aromatic carbocycles. The molecule has 0 aliphatic rings. The number of rotatable bonds is 12. The van der Waals surface area contributed by atoms with Crippen LogP contribution < -0.4 is 5.32 Å². The molecule has 0 atom stereocenters. The van der Waals surface area contributed by atoms with Crippen molar-refractivity contribution in [1.29, 1.82) is 0 Å². The fraction of sp³-hybridized carbons (Fsp3) is 0.189. The number of nitrogens with zero attached hydrogens (tertiary/aromatic N) is 1. The molecule has 5 aromatic rings. The van der Waals surface area contributed by atoms with Crippen LogP contribution in [-0.4, -0.2) is 29.5 Å². The number of carbonyl (C=O) groups is 2. The number of nitrogens with one attached hydrogen (secondary N) is 1. The second kappa shape index (κ2) is 13.6. The van der Waals surface area contributed by atoms with Crippen LogP contribution in [0, 0.1) is 0 Å². The standard InChI is InChI=1S/C37H36N2O3/c1-3-42-37(41)36(40)33-26-39(34-19-11-10-18-32(33)34)25-13-12-24-38-31-22-20-30(21-23-31)35(29-16-8-5-9-17-29)27(2)28-14-6-4-7-15-28/h4-11,14-23,26,38H,3,12-13,24-25H2,1-2H3. The SMILES string of the molecule is CCOC(=O)C(=O)c1cn(CCCCNc2ccc(C(=C(C)c3ccccc3)c3ccccc3)cc2)c2ccccc12. The van der Waals surface area contributed by atoms with Gasteiger partial charge in [-0.3, -0.25) is 4.79 Å². The first-order chi connectivity index (χ1) is 20.6. The Balaban J connectivity index is 1.22. The number of ether oxygens (including phenoxy) is 1. The third-order valence-electron chi connectivity index (χ3n) is 7.47. The largest absolute Gasteiger partial charge is 0.460 e. The van der Waals surface area contributed by atoms with Gasteiger partial charge >= 0.3 is 5.97 Å². The number of hydrogen-bond acceptors (Lipinski definition) is 4. The maximum absolute atomic E-state index is 12.7. The van der Waals surface area contributed by atoms with Crippen LogP contribution in [0.5, 0.6) is 0 Å². The highest BCUT2D eigenvalue weighted by molar-refractivity contribution is 6.43. The number of hydrogen-bond donors (Lipinski definition) is 1. The minimum absolute atomic E-state index is 0.178. The lowest BCUT2D eigenvalue weighted by Crippen LogP contribution is -2.17. The zero-order chi connectivity index (χ0) is 29.3. The van der Waals surface area contributed by atoms with Gasteiger partial charge in [-0.1, -0.05) is 91.0 Å². The smallest absolute Gasteiger partial charge is 0.379 e. The number of ketones is 1. The second-order valence-corrected chi connectivity index (χ2v) is 10.2. The third-order valence-corrected chi connectivity index (χ3v) is 7.47. The predicted molar refractivity (Wildman–Crippen MR) is 172 cm³/mol. The molecule has 212 valence electrons. The zero-order valence-electron chi connectivity index (χ0n) is 24.2. The number of aryl methyl sites for hydroxylation is 1. The molecular formula is C37H36N2O3. The number of carbonyl (C=O) groups excluding carboxylic acids is 2. The van der Waals surface area contributed by atoms with Gasteiger partial charge in [-0.2, -0.15) is 0 Å². The Morgan fingerprint density at radius 1 is 0.738 bits per heavy atom. The molecule has 0 fully saturated rings. The van der Waals surface area contributed by atoms with Gasteiger partial charge in [0.15, 0.2) is 0 Å². The molecule has 0 spiro atoms. The molecule has 0 aliphatic heterocycles. The monoisotopic (exact) mass is 556 g/mol. The molecule has 1 aromatic heterocycles. The highest BCUT2D eigenvalue weighted by Gasteiger charge is 2.22. The van der Waals surface area contributed by atoms with Gasteiger partial charge in [-0.05, 0) is 72.7 Å². The van der Waals surface area contributed by atoms with Gasteiger partial charge in [0.1, 0.15) is 0 Å². The number of para-hydroxylation sites is 1. The normalized spacial score (nSPS) is 11.7. The summed E-state index contributed by atoms with van der Waals surface area (Å²) in [6.45, 7) is 5.65. The van der Waals surface area contributed by atoms with Crippen LogP contribution in [0.15, 0.2) is 115 Å². The van der Waals surface area contributed by atoms with Crippen molar-refractivity contribution >= 4 is 39.5 Å². The summed E-state index contributed by atoms with van der Waals surface area (Å²) >= 11 is 0. The number of benzene rings is 4. The number of fused-ring (bicyclic) bond motifs is 1. The number of Topliss-reactive ketones (excluding diaryl/α,β-unsaturated/α-hetero) is 1. The van der Waals surface area contributed by atoms with Crippen molar-refractivity contribution in [3.8, 4) is 0 Å². The van der Waals surface area contributed by atoms with Crippen molar-refractivity contribution in [2.45, 2.75) is 33.2 Å². The molecule has 5 heteroatoms. The Kier molecular flexibility index (Phi) is 9.30. The molecular weight excluding hydrogens is 520 g/mol. The van der Waals surface area contributed by atoms with E-state index in [1.807, 2.05) is 36.4 Å². The van der Waals surface area contributed by atoms with Gasteiger partial charge in [-0.15, -0.1) is 0 Å². The fourth-order valence-electron chi connectivity index (χ4n) is 5.35. The first kappa shape index (κ1) is 28.6. The molecule has 5 rings (SSSR count). The molecule has 0 radical (unpaired) electrons. The van der Waals surface area contributed by atoms with Crippen molar-refractivity contribution in [2.75, 3.05) is 18.5 Å². The molecule has 0 unspecified atom stereocenters.